The molecule has 0 fully saturated rings. The van der Waals surface area contributed by atoms with Gasteiger partial charge in [-0.2, -0.15) is 5.26 Å². The van der Waals surface area contributed by atoms with E-state index in [9.17, 15) is 4.79 Å². The molecule has 0 heterocycles. The lowest BCUT2D eigenvalue weighted by Crippen LogP contribution is -2.13. The van der Waals surface area contributed by atoms with E-state index in [0.29, 0.717) is 5.69 Å². The fraction of sp³-hybridized carbons (Fsp3) is 0. The molecule has 2 aromatic carbocycles. The SMILES string of the molecule is N#CC(=Cc1ccccc1)C(=O)Nc1ccc(I)cc1. The summed E-state index contributed by atoms with van der Waals surface area (Å²) < 4.78 is 1.08. The molecule has 4 heteroatoms. The fourth-order valence-corrected chi connectivity index (χ4v) is 1.96. The Morgan fingerprint density at radius 2 is 1.75 bits per heavy atom. The van der Waals surface area contributed by atoms with E-state index < -0.39 is 5.91 Å². The van der Waals surface area contributed by atoms with Crippen molar-refractivity contribution in [2.75, 3.05) is 5.32 Å². The standard InChI is InChI=1S/C16H11IN2O/c17-14-6-8-15(9-7-14)19-16(20)13(11-18)10-12-4-2-1-3-5-12/h1-10H,(H,19,20). The van der Waals surface area contributed by atoms with Crippen LogP contribution in [0.25, 0.3) is 6.08 Å². The van der Waals surface area contributed by atoms with Crippen LogP contribution < -0.4 is 5.32 Å². The van der Waals surface area contributed by atoms with Gasteiger partial charge >= 0.3 is 0 Å². The van der Waals surface area contributed by atoms with Crippen LogP contribution in [0.4, 0.5) is 5.69 Å². The summed E-state index contributed by atoms with van der Waals surface area (Å²) in [4.78, 5) is 12.0. The van der Waals surface area contributed by atoms with Gasteiger partial charge in [0.15, 0.2) is 0 Å². The maximum absolute atomic E-state index is 12.0. The van der Waals surface area contributed by atoms with Gasteiger partial charge in [-0.25, -0.2) is 0 Å². The number of anilines is 1. The van der Waals surface area contributed by atoms with E-state index in [-0.39, 0.29) is 5.57 Å². The van der Waals surface area contributed by atoms with Crippen LogP contribution in [-0.2, 0) is 4.79 Å². The van der Waals surface area contributed by atoms with Crippen LogP contribution in [0, 0.1) is 14.9 Å². The maximum Gasteiger partial charge on any atom is 0.266 e. The number of rotatable bonds is 3. The van der Waals surface area contributed by atoms with Gasteiger partial charge in [-0.3, -0.25) is 4.79 Å². The third kappa shape index (κ3) is 3.93. The molecule has 1 amide bonds. The smallest absolute Gasteiger partial charge is 0.266 e. The summed E-state index contributed by atoms with van der Waals surface area (Å²) in [5, 5.41) is 11.8. The van der Waals surface area contributed by atoms with E-state index >= 15 is 0 Å². The van der Waals surface area contributed by atoms with Crippen molar-refractivity contribution in [3.05, 3.63) is 69.3 Å². The van der Waals surface area contributed by atoms with Crippen molar-refractivity contribution < 1.29 is 4.79 Å². The summed E-state index contributed by atoms with van der Waals surface area (Å²) in [7, 11) is 0. The highest BCUT2D eigenvalue weighted by Crippen LogP contribution is 2.13. The molecule has 0 saturated carbocycles. The number of nitrogens with one attached hydrogen (secondary N) is 1. The first kappa shape index (κ1) is 14.3. The summed E-state index contributed by atoms with van der Waals surface area (Å²) in [6, 6.07) is 18.6. The molecule has 0 saturated heterocycles. The second kappa shape index (κ2) is 6.87. The Morgan fingerprint density at radius 1 is 1.10 bits per heavy atom. The number of nitrogens with zero attached hydrogens (tertiary/aromatic N) is 1. The Hall–Kier alpha value is -2.13. The second-order valence-electron chi connectivity index (χ2n) is 4.04. The maximum atomic E-state index is 12.0. The van der Waals surface area contributed by atoms with Crippen molar-refractivity contribution in [3.63, 3.8) is 0 Å². The molecular formula is C16H11IN2O. The van der Waals surface area contributed by atoms with Gasteiger partial charge in [-0.1, -0.05) is 30.3 Å². The summed E-state index contributed by atoms with van der Waals surface area (Å²) in [5.41, 5.74) is 1.57. The van der Waals surface area contributed by atoms with Crippen LogP contribution in [0.1, 0.15) is 5.56 Å². The van der Waals surface area contributed by atoms with Crippen LogP contribution in [0.15, 0.2) is 60.2 Å². The van der Waals surface area contributed by atoms with E-state index in [2.05, 4.69) is 27.9 Å². The highest BCUT2D eigenvalue weighted by atomic mass is 127. The molecule has 3 nitrogen and oxygen atoms in total. The molecule has 0 aliphatic rings. The van der Waals surface area contributed by atoms with Crippen molar-refractivity contribution in [2.24, 2.45) is 0 Å². The molecule has 98 valence electrons. The molecule has 0 aliphatic heterocycles. The minimum Gasteiger partial charge on any atom is -0.321 e. The molecule has 0 bridgehead atoms. The van der Waals surface area contributed by atoms with E-state index in [0.717, 1.165) is 9.13 Å². The quantitative estimate of drug-likeness (QED) is 0.504. The molecule has 0 radical (unpaired) electrons. The molecule has 0 aliphatic carbocycles. The highest BCUT2D eigenvalue weighted by molar-refractivity contribution is 14.1. The van der Waals surface area contributed by atoms with E-state index in [1.807, 2.05) is 48.5 Å². The van der Waals surface area contributed by atoms with Gasteiger partial charge in [0.1, 0.15) is 11.6 Å². The van der Waals surface area contributed by atoms with Gasteiger partial charge in [-0.05, 0) is 58.5 Å². The van der Waals surface area contributed by atoms with Gasteiger partial charge in [0, 0.05) is 9.26 Å². The Kier molecular flexibility index (Phi) is 4.91. The molecular weight excluding hydrogens is 363 g/mol. The molecule has 0 spiro atoms. The monoisotopic (exact) mass is 374 g/mol. The lowest BCUT2D eigenvalue weighted by molar-refractivity contribution is -0.112. The number of carbonyl (C=O) groups is 1. The lowest BCUT2D eigenvalue weighted by Gasteiger charge is -2.04. The Balaban J connectivity index is 2.16. The zero-order valence-corrected chi connectivity index (χ0v) is 12.7. The number of hydrogen-bond acceptors (Lipinski definition) is 2. The predicted octanol–water partition coefficient (Wildman–Crippen LogP) is 3.84. The molecule has 0 atom stereocenters. The van der Waals surface area contributed by atoms with Crippen molar-refractivity contribution in [1.82, 2.24) is 0 Å². The average molecular weight is 374 g/mol. The fourth-order valence-electron chi connectivity index (χ4n) is 1.60. The normalized spacial score (nSPS) is 10.7. The van der Waals surface area contributed by atoms with E-state index in [4.69, 9.17) is 5.26 Å². The third-order valence-electron chi connectivity index (χ3n) is 2.58. The molecule has 0 unspecified atom stereocenters. The second-order valence-corrected chi connectivity index (χ2v) is 5.29. The summed E-state index contributed by atoms with van der Waals surface area (Å²) in [5.74, 6) is -0.405. The first-order valence-corrected chi connectivity index (χ1v) is 7.00. The Labute approximate surface area is 131 Å². The van der Waals surface area contributed by atoms with Crippen LogP contribution >= 0.6 is 22.6 Å². The zero-order chi connectivity index (χ0) is 14.4. The molecule has 2 aromatic rings. The molecule has 0 aromatic heterocycles. The molecule has 20 heavy (non-hydrogen) atoms. The largest absolute Gasteiger partial charge is 0.321 e. The lowest BCUT2D eigenvalue weighted by atomic mass is 10.1. The summed E-state index contributed by atoms with van der Waals surface area (Å²) in [6.45, 7) is 0. The zero-order valence-electron chi connectivity index (χ0n) is 10.5. The number of amides is 1. The first-order valence-electron chi connectivity index (χ1n) is 5.93. The van der Waals surface area contributed by atoms with Crippen molar-refractivity contribution >= 4 is 40.3 Å². The number of benzene rings is 2. The van der Waals surface area contributed by atoms with Gasteiger partial charge in [0.25, 0.3) is 5.91 Å². The number of carbonyl (C=O) groups excluding carboxylic acids is 1. The van der Waals surface area contributed by atoms with E-state index in [1.54, 1.807) is 18.2 Å². The first-order chi connectivity index (χ1) is 9.69. The summed E-state index contributed by atoms with van der Waals surface area (Å²) in [6.07, 6.45) is 1.57. The van der Waals surface area contributed by atoms with Gasteiger partial charge < -0.3 is 5.32 Å². The van der Waals surface area contributed by atoms with Crippen molar-refractivity contribution in [1.29, 1.82) is 5.26 Å². The summed E-state index contributed by atoms with van der Waals surface area (Å²) >= 11 is 2.19. The third-order valence-corrected chi connectivity index (χ3v) is 3.30. The topological polar surface area (TPSA) is 52.9 Å². The van der Waals surface area contributed by atoms with E-state index in [1.165, 1.54) is 0 Å². The van der Waals surface area contributed by atoms with Gasteiger partial charge in [0.2, 0.25) is 0 Å². The van der Waals surface area contributed by atoms with Crippen molar-refractivity contribution in [2.45, 2.75) is 0 Å². The van der Waals surface area contributed by atoms with Gasteiger partial charge in [-0.15, -0.1) is 0 Å². The Bertz CT molecular complexity index is 670. The predicted molar refractivity (Wildman–Crippen MR) is 87.8 cm³/mol. The average Bonchev–Trinajstić information content (AvgIpc) is 2.48. The number of hydrogen-bond donors (Lipinski definition) is 1. The number of halogens is 1. The van der Waals surface area contributed by atoms with Crippen LogP contribution in [0.5, 0.6) is 0 Å². The number of nitriles is 1. The van der Waals surface area contributed by atoms with Crippen molar-refractivity contribution in [3.8, 4) is 6.07 Å². The highest BCUT2D eigenvalue weighted by Gasteiger charge is 2.09. The van der Waals surface area contributed by atoms with Crippen LogP contribution in [0.2, 0.25) is 0 Å². The minimum absolute atomic E-state index is 0.0785. The Morgan fingerprint density at radius 3 is 2.35 bits per heavy atom. The van der Waals surface area contributed by atoms with Crippen LogP contribution in [-0.4, -0.2) is 5.91 Å². The molecule has 1 N–H and O–H groups in total. The van der Waals surface area contributed by atoms with Crippen LogP contribution in [0.3, 0.4) is 0 Å². The molecule has 2 rings (SSSR count). The minimum atomic E-state index is -0.405. The van der Waals surface area contributed by atoms with Gasteiger partial charge in [0.05, 0.1) is 0 Å².